The first-order valence-electron chi connectivity index (χ1n) is 6.30. The first kappa shape index (κ1) is 14.3. The van der Waals surface area contributed by atoms with Gasteiger partial charge in [0.2, 0.25) is 0 Å². The molecule has 0 unspecified atom stereocenters. The molecule has 0 aliphatic rings. The molecule has 0 N–H and O–H groups in total. The summed E-state index contributed by atoms with van der Waals surface area (Å²) in [6.07, 6.45) is 1.49. The van der Waals surface area contributed by atoms with Crippen molar-refractivity contribution in [1.29, 1.82) is 0 Å². The van der Waals surface area contributed by atoms with Gasteiger partial charge in [0.1, 0.15) is 6.54 Å². The van der Waals surface area contributed by atoms with E-state index in [1.807, 2.05) is 0 Å². The Labute approximate surface area is 128 Å². The third-order valence-electron chi connectivity index (χ3n) is 2.82. The zero-order chi connectivity index (χ0) is 15.5. The Morgan fingerprint density at radius 1 is 1.45 bits per heavy atom. The van der Waals surface area contributed by atoms with Crippen molar-refractivity contribution in [3.05, 3.63) is 45.0 Å². The van der Waals surface area contributed by atoms with Gasteiger partial charge in [0.05, 0.1) is 6.26 Å². The molecule has 0 bridgehead atoms. The summed E-state index contributed by atoms with van der Waals surface area (Å²) in [4.78, 5) is 23.0. The van der Waals surface area contributed by atoms with E-state index in [4.69, 9.17) is 13.6 Å². The minimum Gasteiger partial charge on any atom is -0.459 e. The topological polar surface area (TPSA) is 100 Å². The van der Waals surface area contributed by atoms with Crippen LogP contribution in [0.5, 0.6) is 0 Å². The maximum absolute atomic E-state index is 11.7. The van der Waals surface area contributed by atoms with Gasteiger partial charge in [-0.2, -0.15) is 0 Å². The molecule has 3 aromatic rings. The molecule has 0 aliphatic carbocycles. The molecule has 0 fully saturated rings. The highest BCUT2D eigenvalue weighted by molar-refractivity contribution is 7.07. The van der Waals surface area contributed by atoms with E-state index in [9.17, 15) is 9.59 Å². The summed E-state index contributed by atoms with van der Waals surface area (Å²) >= 11 is 1.04. The molecule has 0 spiro atoms. The summed E-state index contributed by atoms with van der Waals surface area (Å²) < 4.78 is 16.8. The predicted octanol–water partition coefficient (Wildman–Crippen LogP) is 1.60. The molecule has 3 rings (SSSR count). The number of aryl methyl sites for hydroxylation is 1. The average Bonchev–Trinajstić information content (AvgIpc) is 3.22. The molecule has 114 valence electrons. The molecular formula is C13H11N3O5S. The van der Waals surface area contributed by atoms with E-state index in [0.29, 0.717) is 11.5 Å². The highest BCUT2D eigenvalue weighted by atomic mass is 32.1. The van der Waals surface area contributed by atoms with E-state index in [0.717, 1.165) is 11.3 Å². The number of esters is 1. The van der Waals surface area contributed by atoms with Crippen LogP contribution >= 0.6 is 11.3 Å². The van der Waals surface area contributed by atoms with E-state index in [1.165, 1.54) is 10.8 Å². The number of nitrogens with zero attached hydrogens (tertiary/aromatic N) is 3. The smallest absolute Gasteiger partial charge is 0.326 e. The number of ether oxygens (including phenoxy) is 1. The fourth-order valence-corrected chi connectivity index (χ4v) is 2.46. The Bertz CT molecular complexity index is 830. The number of furan rings is 1. The molecule has 0 saturated heterocycles. The number of aromatic nitrogens is 3. The summed E-state index contributed by atoms with van der Waals surface area (Å²) in [6, 6.07) is 3.37. The van der Waals surface area contributed by atoms with Crippen molar-refractivity contribution in [3.8, 4) is 11.7 Å². The number of thiazole rings is 1. The van der Waals surface area contributed by atoms with E-state index in [1.54, 1.807) is 24.4 Å². The minimum absolute atomic E-state index is 0.145. The summed E-state index contributed by atoms with van der Waals surface area (Å²) in [7, 11) is 0. The fraction of sp³-hybridized carbons (Fsp3) is 0.231. The van der Waals surface area contributed by atoms with Crippen molar-refractivity contribution in [2.24, 2.45) is 0 Å². The molecule has 0 aromatic carbocycles. The number of hydrogen-bond acceptors (Lipinski definition) is 8. The van der Waals surface area contributed by atoms with Crippen LogP contribution in [0.3, 0.4) is 0 Å². The third kappa shape index (κ3) is 2.98. The van der Waals surface area contributed by atoms with Crippen molar-refractivity contribution in [2.75, 3.05) is 0 Å². The maximum atomic E-state index is 11.7. The predicted molar refractivity (Wildman–Crippen MR) is 75.1 cm³/mol. The number of hydrogen-bond donors (Lipinski definition) is 0. The summed E-state index contributed by atoms with van der Waals surface area (Å²) in [5.74, 6) is 0.238. The molecule has 3 aromatic heterocycles. The Morgan fingerprint density at radius 2 is 2.32 bits per heavy atom. The van der Waals surface area contributed by atoms with Gasteiger partial charge in [-0.05, 0) is 19.1 Å². The van der Waals surface area contributed by atoms with Crippen molar-refractivity contribution in [3.63, 3.8) is 0 Å². The molecule has 0 saturated carbocycles. The summed E-state index contributed by atoms with van der Waals surface area (Å²) in [5.41, 5.74) is 0.713. The molecule has 3 heterocycles. The zero-order valence-corrected chi connectivity index (χ0v) is 12.3. The maximum Gasteiger partial charge on any atom is 0.326 e. The van der Waals surface area contributed by atoms with Gasteiger partial charge in [-0.3, -0.25) is 14.2 Å². The second-order valence-corrected chi connectivity index (χ2v) is 5.19. The van der Waals surface area contributed by atoms with Crippen LogP contribution in [0, 0.1) is 6.92 Å². The van der Waals surface area contributed by atoms with Gasteiger partial charge in [0, 0.05) is 11.1 Å². The van der Waals surface area contributed by atoms with Gasteiger partial charge < -0.3 is 13.6 Å². The van der Waals surface area contributed by atoms with Crippen LogP contribution in [0.4, 0.5) is 0 Å². The largest absolute Gasteiger partial charge is 0.459 e. The summed E-state index contributed by atoms with van der Waals surface area (Å²) in [5, 5.41) is 9.22. The van der Waals surface area contributed by atoms with Crippen LogP contribution in [-0.4, -0.2) is 20.7 Å². The number of carbonyl (C=O) groups excluding carboxylic acids is 1. The molecule has 0 aliphatic heterocycles. The van der Waals surface area contributed by atoms with Crippen LogP contribution in [0.25, 0.3) is 11.7 Å². The minimum atomic E-state index is -0.554. The van der Waals surface area contributed by atoms with E-state index in [-0.39, 0.29) is 29.8 Å². The van der Waals surface area contributed by atoms with E-state index < -0.39 is 5.97 Å². The van der Waals surface area contributed by atoms with Crippen molar-refractivity contribution < 1.29 is 18.4 Å². The lowest BCUT2D eigenvalue weighted by atomic mass is 10.5. The highest BCUT2D eigenvalue weighted by Gasteiger charge is 2.14. The molecule has 9 heteroatoms. The molecular weight excluding hydrogens is 310 g/mol. The fourth-order valence-electron chi connectivity index (χ4n) is 1.72. The first-order valence-corrected chi connectivity index (χ1v) is 7.18. The Morgan fingerprint density at radius 3 is 3.00 bits per heavy atom. The van der Waals surface area contributed by atoms with E-state index in [2.05, 4.69) is 10.2 Å². The first-order chi connectivity index (χ1) is 10.6. The summed E-state index contributed by atoms with van der Waals surface area (Å²) in [6.45, 7) is 1.44. The van der Waals surface area contributed by atoms with Gasteiger partial charge >= 0.3 is 10.8 Å². The van der Waals surface area contributed by atoms with Crippen LogP contribution in [0.2, 0.25) is 0 Å². The number of rotatable bonds is 5. The van der Waals surface area contributed by atoms with Gasteiger partial charge in [-0.25, -0.2) is 0 Å². The second kappa shape index (κ2) is 5.98. The molecule has 8 nitrogen and oxygen atoms in total. The lowest BCUT2D eigenvalue weighted by Gasteiger charge is -2.04. The van der Waals surface area contributed by atoms with Crippen molar-refractivity contribution >= 4 is 17.3 Å². The lowest BCUT2D eigenvalue weighted by Crippen LogP contribution is -2.22. The standard InChI is InChI=1S/C13H11N3O5S/c1-8-7-22-13(18)16(8)5-11(17)20-6-10-14-15-12(21-10)9-3-2-4-19-9/h2-4,7H,5-6H2,1H3. The molecule has 0 atom stereocenters. The van der Waals surface area contributed by atoms with Gasteiger partial charge in [-0.15, -0.1) is 10.2 Å². The average molecular weight is 321 g/mol. The zero-order valence-electron chi connectivity index (χ0n) is 11.5. The third-order valence-corrected chi connectivity index (χ3v) is 3.70. The second-order valence-electron chi connectivity index (χ2n) is 4.37. The SMILES string of the molecule is Cc1csc(=O)n1CC(=O)OCc1nnc(-c2ccco2)o1. The number of carbonyl (C=O) groups is 1. The Hall–Kier alpha value is -2.68. The molecule has 22 heavy (non-hydrogen) atoms. The van der Waals surface area contributed by atoms with Crippen LogP contribution < -0.4 is 4.87 Å². The van der Waals surface area contributed by atoms with Crippen LogP contribution in [0.15, 0.2) is 37.4 Å². The quantitative estimate of drug-likeness (QED) is 0.658. The Kier molecular flexibility index (Phi) is 3.88. The lowest BCUT2D eigenvalue weighted by molar-refractivity contribution is -0.146. The van der Waals surface area contributed by atoms with Crippen molar-refractivity contribution in [2.45, 2.75) is 20.1 Å². The molecule has 0 amide bonds. The van der Waals surface area contributed by atoms with Crippen LogP contribution in [0.1, 0.15) is 11.6 Å². The monoisotopic (exact) mass is 321 g/mol. The van der Waals surface area contributed by atoms with Gasteiger partial charge in [0.25, 0.3) is 11.8 Å². The van der Waals surface area contributed by atoms with Crippen LogP contribution in [-0.2, 0) is 22.7 Å². The van der Waals surface area contributed by atoms with Gasteiger partial charge in [0.15, 0.2) is 12.4 Å². The molecule has 0 radical (unpaired) electrons. The highest BCUT2D eigenvalue weighted by Crippen LogP contribution is 2.18. The normalized spacial score (nSPS) is 10.8. The Balaban J connectivity index is 1.59. The van der Waals surface area contributed by atoms with Crippen molar-refractivity contribution in [1.82, 2.24) is 14.8 Å². The van der Waals surface area contributed by atoms with Gasteiger partial charge in [-0.1, -0.05) is 11.3 Å². The van der Waals surface area contributed by atoms with E-state index >= 15 is 0 Å².